The van der Waals surface area contributed by atoms with E-state index in [-0.39, 0.29) is 50.0 Å². The van der Waals surface area contributed by atoms with Crippen LogP contribution < -0.4 is 5.32 Å². The van der Waals surface area contributed by atoms with Crippen LogP contribution in [-0.4, -0.2) is 94.8 Å². The molecular formula is C33H52N2O9. The van der Waals surface area contributed by atoms with E-state index >= 15 is 0 Å². The number of esters is 2. The Morgan fingerprint density at radius 1 is 1.34 bits per heavy atom. The highest BCUT2D eigenvalue weighted by atomic mass is 16.6. The molecule has 248 valence electrons. The number of ether oxygens (including phenoxy) is 4. The first-order valence-corrected chi connectivity index (χ1v) is 15.4. The van der Waals surface area contributed by atoms with Crippen LogP contribution in [0.5, 0.6) is 0 Å². The largest absolute Gasteiger partial charge is 0.457 e. The molecule has 44 heavy (non-hydrogen) atoms. The van der Waals surface area contributed by atoms with Crippen LogP contribution in [0.4, 0.5) is 0 Å². The Kier molecular flexibility index (Phi) is 14.2. The van der Waals surface area contributed by atoms with Crippen molar-refractivity contribution in [1.82, 2.24) is 5.32 Å². The van der Waals surface area contributed by atoms with Gasteiger partial charge in [0.1, 0.15) is 23.9 Å². The van der Waals surface area contributed by atoms with Crippen LogP contribution in [0.25, 0.3) is 0 Å². The maximum Gasteiger partial charge on any atom is 0.309 e. The molecule has 2 rings (SSSR count). The molecule has 3 unspecified atom stereocenters. The lowest BCUT2D eigenvalue weighted by Gasteiger charge is -2.32. The molecule has 0 aromatic carbocycles. The molecule has 11 nitrogen and oxygen atoms in total. The smallest absolute Gasteiger partial charge is 0.309 e. The van der Waals surface area contributed by atoms with Crippen molar-refractivity contribution >= 4 is 11.9 Å². The van der Waals surface area contributed by atoms with Crippen LogP contribution in [0, 0.1) is 23.2 Å². The summed E-state index contributed by atoms with van der Waals surface area (Å²) in [6.07, 6.45) is 5.90. The molecule has 0 aromatic heterocycles. The Morgan fingerprint density at radius 3 is 2.61 bits per heavy atom. The van der Waals surface area contributed by atoms with Gasteiger partial charge in [0, 0.05) is 25.9 Å². The van der Waals surface area contributed by atoms with Crippen molar-refractivity contribution in [2.75, 3.05) is 13.7 Å². The van der Waals surface area contributed by atoms with E-state index in [1.165, 1.54) is 13.8 Å². The maximum atomic E-state index is 12.7. The van der Waals surface area contributed by atoms with Gasteiger partial charge in [-0.25, -0.2) is 0 Å². The average Bonchev–Trinajstić information content (AvgIpc) is 3.73. The molecular weight excluding hydrogens is 568 g/mol. The lowest BCUT2D eigenvalue weighted by molar-refractivity contribution is -0.157. The van der Waals surface area contributed by atoms with Crippen LogP contribution in [-0.2, 0) is 28.5 Å². The van der Waals surface area contributed by atoms with Crippen molar-refractivity contribution in [2.45, 2.75) is 128 Å². The van der Waals surface area contributed by atoms with E-state index in [2.05, 4.69) is 18.3 Å². The second-order valence-electron chi connectivity index (χ2n) is 12.6. The second-order valence-corrected chi connectivity index (χ2v) is 12.6. The van der Waals surface area contributed by atoms with Crippen molar-refractivity contribution in [2.24, 2.45) is 11.8 Å². The molecule has 2 aliphatic heterocycles. The fraction of sp³-hybridized carbons (Fsp3) is 0.727. The minimum atomic E-state index is -1.46. The number of nitrogens with zero attached hydrogens (tertiary/aromatic N) is 1. The average molecular weight is 621 g/mol. The summed E-state index contributed by atoms with van der Waals surface area (Å²) in [6, 6.07) is 1.50. The number of carbonyl (C=O) groups excluding carboxylic acids is 2. The van der Waals surface area contributed by atoms with Gasteiger partial charge in [0.2, 0.25) is 0 Å². The summed E-state index contributed by atoms with van der Waals surface area (Å²) in [4.78, 5) is 24.5. The first-order chi connectivity index (χ1) is 20.6. The summed E-state index contributed by atoms with van der Waals surface area (Å²) >= 11 is 0. The van der Waals surface area contributed by atoms with Gasteiger partial charge in [0.15, 0.2) is 0 Å². The van der Waals surface area contributed by atoms with Crippen LogP contribution in [0.2, 0.25) is 0 Å². The number of epoxide rings is 1. The zero-order valence-corrected chi connectivity index (χ0v) is 27.4. The van der Waals surface area contributed by atoms with E-state index in [4.69, 9.17) is 18.9 Å². The van der Waals surface area contributed by atoms with Crippen LogP contribution in [0.1, 0.15) is 74.1 Å². The highest BCUT2D eigenvalue weighted by Gasteiger charge is 2.54. The van der Waals surface area contributed by atoms with E-state index < -0.39 is 53.4 Å². The highest BCUT2D eigenvalue weighted by Crippen LogP contribution is 2.38. The zero-order chi connectivity index (χ0) is 33.2. The minimum Gasteiger partial charge on any atom is -0.457 e. The summed E-state index contributed by atoms with van der Waals surface area (Å²) in [5.74, 6) is -1.44. The predicted molar refractivity (Wildman–Crippen MR) is 164 cm³/mol. The molecule has 11 atom stereocenters. The van der Waals surface area contributed by atoms with Crippen LogP contribution in [0.15, 0.2) is 36.0 Å². The number of rotatable bonds is 12. The molecule has 0 aromatic rings. The quantitative estimate of drug-likeness (QED) is 0.0831. The van der Waals surface area contributed by atoms with E-state index in [0.717, 1.165) is 6.42 Å². The number of aliphatic hydroxyl groups is 3. The van der Waals surface area contributed by atoms with E-state index in [1.807, 2.05) is 13.8 Å². The molecule has 2 heterocycles. The number of aliphatic hydroxyl groups excluding tert-OH is 1. The number of hydrogen-bond donors (Lipinski definition) is 4. The number of cyclic esters (lactones) is 1. The molecule has 4 N–H and O–H groups in total. The highest BCUT2D eigenvalue weighted by molar-refractivity contribution is 5.70. The number of allylic oxidation sites excluding steroid dienone is 2. The summed E-state index contributed by atoms with van der Waals surface area (Å²) in [5.41, 5.74) is -2.20. The van der Waals surface area contributed by atoms with Crippen LogP contribution >= 0.6 is 0 Å². The minimum absolute atomic E-state index is 0.00826. The summed E-state index contributed by atoms with van der Waals surface area (Å²) < 4.78 is 22.7. The van der Waals surface area contributed by atoms with Gasteiger partial charge in [-0.05, 0) is 51.7 Å². The van der Waals surface area contributed by atoms with Gasteiger partial charge >= 0.3 is 11.9 Å². The zero-order valence-electron chi connectivity index (χ0n) is 27.4. The van der Waals surface area contributed by atoms with E-state index in [1.54, 1.807) is 51.3 Å². The Morgan fingerprint density at radius 2 is 2.02 bits per heavy atom. The Labute approximate surface area is 261 Å². The number of hydrogen-bond acceptors (Lipinski definition) is 11. The molecule has 0 saturated carbocycles. The molecule has 2 aliphatic rings. The van der Waals surface area contributed by atoms with Crippen molar-refractivity contribution in [3.8, 4) is 6.07 Å². The van der Waals surface area contributed by atoms with Crippen molar-refractivity contribution in [3.63, 3.8) is 0 Å². The maximum absolute atomic E-state index is 12.7. The molecule has 11 heteroatoms. The number of methoxy groups -OCH3 is 1. The fourth-order valence-corrected chi connectivity index (χ4v) is 5.83. The van der Waals surface area contributed by atoms with Gasteiger partial charge < -0.3 is 34.3 Å². The SMILES string of the molecule is CC[C@H](OC)[C@@H](C)[C@H]1O[C@@H]1C(NCC#N)C(C)(O)/C=C/C=C(\C)C1OC(=O)C[C@H](O)CC[C@@](C)(O)[C@@H](OC(C)=O)/C=C/[C@@H]1C. The van der Waals surface area contributed by atoms with Gasteiger partial charge in [-0.15, -0.1) is 0 Å². The van der Waals surface area contributed by atoms with Crippen molar-refractivity contribution in [1.29, 1.82) is 5.26 Å². The molecule has 1 saturated heterocycles. The standard InChI is InChI=1S/C33H52N2O9/c1-9-25(41-8)22(4)29-30(44-29)31(35-18-17-34)33(7,40)15-10-11-20(2)28-21(3)12-13-26(42-23(5)36)32(6,39)16-14-24(37)19-27(38)43-28/h10-13,15,21-22,24-26,28-31,35,37,39-40H,9,14,16,18-19H2,1-8H3/b13-12+,15-10+,20-11+/t21-,22+,24+,25-,26-,28?,29+,30-,31?,32+,33?/m0/s1. The molecule has 0 amide bonds. The summed E-state index contributed by atoms with van der Waals surface area (Å²) in [5, 5.41) is 45.2. The second kappa shape index (κ2) is 16.6. The Hall–Kier alpha value is -2.59. The molecule has 0 radical (unpaired) electrons. The number of carbonyl (C=O) groups is 2. The van der Waals surface area contributed by atoms with Gasteiger partial charge in [0.25, 0.3) is 0 Å². The fourth-order valence-electron chi connectivity index (χ4n) is 5.83. The first-order valence-electron chi connectivity index (χ1n) is 15.4. The third kappa shape index (κ3) is 10.8. The Bertz CT molecular complexity index is 1090. The first kappa shape index (κ1) is 37.6. The van der Waals surface area contributed by atoms with Gasteiger partial charge in [-0.3, -0.25) is 14.9 Å². The molecule has 0 aliphatic carbocycles. The third-order valence-electron chi connectivity index (χ3n) is 8.59. The summed E-state index contributed by atoms with van der Waals surface area (Å²) in [6.45, 7) is 12.2. The Balaban J connectivity index is 2.31. The monoisotopic (exact) mass is 620 g/mol. The van der Waals surface area contributed by atoms with Crippen molar-refractivity contribution < 1.29 is 43.9 Å². The van der Waals surface area contributed by atoms with Gasteiger partial charge in [0.05, 0.1) is 49.0 Å². The molecule has 0 bridgehead atoms. The lowest BCUT2D eigenvalue weighted by atomic mass is 9.87. The summed E-state index contributed by atoms with van der Waals surface area (Å²) in [7, 11) is 1.67. The third-order valence-corrected chi connectivity index (χ3v) is 8.59. The normalized spacial score (nSPS) is 34.3. The topological polar surface area (TPSA) is 171 Å². The number of nitrogens with one attached hydrogen (secondary N) is 1. The van der Waals surface area contributed by atoms with Crippen LogP contribution in [0.3, 0.4) is 0 Å². The van der Waals surface area contributed by atoms with Gasteiger partial charge in [-0.1, -0.05) is 45.1 Å². The lowest BCUT2D eigenvalue weighted by Crippen LogP contribution is -2.52. The molecule has 0 spiro atoms. The molecule has 1 fully saturated rings. The predicted octanol–water partition coefficient (Wildman–Crippen LogP) is 2.88. The number of nitriles is 1. The van der Waals surface area contributed by atoms with E-state index in [9.17, 15) is 30.2 Å². The van der Waals surface area contributed by atoms with Crippen molar-refractivity contribution in [3.05, 3.63) is 36.0 Å². The van der Waals surface area contributed by atoms with E-state index in [0.29, 0.717) is 5.57 Å². The van der Waals surface area contributed by atoms with Gasteiger partial charge in [-0.2, -0.15) is 5.26 Å².